The molecule has 0 aliphatic carbocycles. The van der Waals surface area contributed by atoms with Crippen LogP contribution in [0.1, 0.15) is 30.9 Å². The molecule has 0 aliphatic heterocycles. The number of para-hydroxylation sites is 1. The van der Waals surface area contributed by atoms with E-state index in [0.717, 1.165) is 29.7 Å². The molecular weight excluding hydrogens is 332 g/mol. The summed E-state index contributed by atoms with van der Waals surface area (Å²) in [7, 11) is 0. The van der Waals surface area contributed by atoms with Crippen molar-refractivity contribution in [2.45, 2.75) is 26.7 Å². The number of ether oxygens (including phenoxy) is 1. The maximum atomic E-state index is 12.2. The minimum absolute atomic E-state index is 0.0652. The summed E-state index contributed by atoms with van der Waals surface area (Å²) in [6.45, 7) is 4.50. The molecule has 0 aromatic heterocycles. The van der Waals surface area contributed by atoms with Crippen LogP contribution in [-0.2, 0) is 4.79 Å². The number of benzene rings is 2. The maximum absolute atomic E-state index is 12.2. The summed E-state index contributed by atoms with van der Waals surface area (Å²) >= 11 is 0. The number of nitrogens with zero attached hydrogens (tertiary/aromatic N) is 1. The van der Waals surface area contributed by atoms with E-state index in [1.807, 2.05) is 24.3 Å². The second-order valence-electron chi connectivity index (χ2n) is 5.82. The number of amides is 1. The van der Waals surface area contributed by atoms with Crippen molar-refractivity contribution in [2.24, 2.45) is 0 Å². The fourth-order valence-electron chi connectivity index (χ4n) is 2.27. The van der Waals surface area contributed by atoms with Gasteiger partial charge in [0.1, 0.15) is 5.75 Å². The lowest BCUT2D eigenvalue weighted by atomic mass is 10.1. The Morgan fingerprint density at radius 1 is 1.27 bits per heavy atom. The van der Waals surface area contributed by atoms with Crippen molar-refractivity contribution in [3.8, 4) is 5.75 Å². The summed E-state index contributed by atoms with van der Waals surface area (Å²) in [5.74, 6) is 0.355. The molecule has 1 N–H and O–H groups in total. The Balaban J connectivity index is 2.08. The van der Waals surface area contributed by atoms with Crippen LogP contribution in [0.15, 0.2) is 48.5 Å². The number of unbranched alkanes of at least 4 members (excludes halogenated alkanes) is 1. The Bertz CT molecular complexity index is 815. The van der Waals surface area contributed by atoms with E-state index in [0.29, 0.717) is 12.3 Å². The molecule has 0 atom stereocenters. The number of nitrogens with one attached hydrogen (secondary N) is 1. The number of hydrogen-bond acceptors (Lipinski definition) is 4. The van der Waals surface area contributed by atoms with E-state index in [9.17, 15) is 14.9 Å². The highest BCUT2D eigenvalue weighted by Crippen LogP contribution is 2.23. The van der Waals surface area contributed by atoms with Crippen molar-refractivity contribution in [1.82, 2.24) is 0 Å². The normalized spacial score (nSPS) is 10.7. The van der Waals surface area contributed by atoms with E-state index in [1.165, 1.54) is 18.2 Å². The van der Waals surface area contributed by atoms with Gasteiger partial charge in [-0.05, 0) is 31.1 Å². The number of hydrogen-bond donors (Lipinski definition) is 1. The molecular formula is C20H22N2O4. The van der Waals surface area contributed by atoms with Gasteiger partial charge in [0.05, 0.1) is 17.2 Å². The van der Waals surface area contributed by atoms with Crippen molar-refractivity contribution in [3.05, 3.63) is 69.8 Å². The van der Waals surface area contributed by atoms with Gasteiger partial charge in [0.15, 0.2) is 0 Å². The first kappa shape index (κ1) is 19.2. The van der Waals surface area contributed by atoms with Crippen LogP contribution >= 0.6 is 0 Å². The summed E-state index contributed by atoms with van der Waals surface area (Å²) in [5, 5.41) is 13.5. The summed E-state index contributed by atoms with van der Waals surface area (Å²) in [5.41, 5.74) is 1.90. The fourth-order valence-corrected chi connectivity index (χ4v) is 2.27. The highest BCUT2D eigenvalue weighted by atomic mass is 16.6. The molecule has 1 amide bonds. The van der Waals surface area contributed by atoms with Gasteiger partial charge < -0.3 is 10.1 Å². The van der Waals surface area contributed by atoms with Gasteiger partial charge in [0, 0.05) is 23.8 Å². The lowest BCUT2D eigenvalue weighted by molar-refractivity contribution is -0.384. The third kappa shape index (κ3) is 5.44. The number of aryl methyl sites for hydroxylation is 1. The number of nitro benzene ring substituents is 1. The Morgan fingerprint density at radius 3 is 2.77 bits per heavy atom. The first-order valence-corrected chi connectivity index (χ1v) is 8.47. The topological polar surface area (TPSA) is 81.5 Å². The third-order valence-electron chi connectivity index (χ3n) is 3.78. The number of rotatable bonds is 8. The molecule has 0 radical (unpaired) electrons. The van der Waals surface area contributed by atoms with Gasteiger partial charge in [-0.15, -0.1) is 0 Å². The largest absolute Gasteiger partial charge is 0.493 e. The molecule has 136 valence electrons. The summed E-state index contributed by atoms with van der Waals surface area (Å²) in [6.07, 6.45) is 5.07. The molecule has 6 heteroatoms. The molecule has 2 aromatic rings. The van der Waals surface area contributed by atoms with Gasteiger partial charge in [-0.25, -0.2) is 0 Å². The van der Waals surface area contributed by atoms with Crippen LogP contribution in [0.3, 0.4) is 0 Å². The molecule has 26 heavy (non-hydrogen) atoms. The summed E-state index contributed by atoms with van der Waals surface area (Å²) in [6, 6.07) is 11.8. The number of carbonyl (C=O) groups excluding carboxylic acids is 1. The van der Waals surface area contributed by atoms with E-state index in [2.05, 4.69) is 12.2 Å². The van der Waals surface area contributed by atoms with Crippen LogP contribution in [0.25, 0.3) is 6.08 Å². The molecule has 0 saturated heterocycles. The van der Waals surface area contributed by atoms with Crippen LogP contribution in [0, 0.1) is 17.0 Å². The Morgan fingerprint density at radius 2 is 2.04 bits per heavy atom. The molecule has 0 unspecified atom stereocenters. The zero-order valence-electron chi connectivity index (χ0n) is 14.9. The SMILES string of the molecule is CCCCOc1ccccc1/C=C/C(=O)Nc1cc([N+](=O)[O-])ccc1C. The average Bonchev–Trinajstić information content (AvgIpc) is 2.62. The van der Waals surface area contributed by atoms with Crippen molar-refractivity contribution in [2.75, 3.05) is 11.9 Å². The van der Waals surface area contributed by atoms with E-state index in [1.54, 1.807) is 19.1 Å². The molecule has 0 fully saturated rings. The number of carbonyl (C=O) groups is 1. The standard InChI is InChI=1S/C20H22N2O4/c1-3-4-13-26-19-8-6-5-7-16(19)10-12-20(23)21-18-14-17(22(24)25)11-9-15(18)2/h5-12,14H,3-4,13H2,1-2H3,(H,21,23)/b12-10+. The minimum atomic E-state index is -0.491. The van der Waals surface area contributed by atoms with Crippen LogP contribution in [-0.4, -0.2) is 17.4 Å². The van der Waals surface area contributed by atoms with Crippen LogP contribution in [0.5, 0.6) is 5.75 Å². The van der Waals surface area contributed by atoms with Gasteiger partial charge >= 0.3 is 0 Å². The van der Waals surface area contributed by atoms with E-state index in [-0.39, 0.29) is 11.6 Å². The van der Waals surface area contributed by atoms with Crippen molar-refractivity contribution in [1.29, 1.82) is 0 Å². The van der Waals surface area contributed by atoms with Gasteiger partial charge in [0.25, 0.3) is 5.69 Å². The van der Waals surface area contributed by atoms with Gasteiger partial charge in [-0.3, -0.25) is 14.9 Å². The number of nitro groups is 1. The summed E-state index contributed by atoms with van der Waals surface area (Å²) in [4.78, 5) is 22.6. The van der Waals surface area contributed by atoms with E-state index >= 15 is 0 Å². The predicted octanol–water partition coefficient (Wildman–Crippen LogP) is 4.73. The molecule has 0 saturated carbocycles. The Hall–Kier alpha value is -3.15. The van der Waals surface area contributed by atoms with Crippen molar-refractivity contribution in [3.63, 3.8) is 0 Å². The second kappa shape index (κ2) is 9.36. The van der Waals surface area contributed by atoms with Gasteiger partial charge in [-0.2, -0.15) is 0 Å². The zero-order chi connectivity index (χ0) is 18.9. The number of anilines is 1. The predicted molar refractivity (Wildman–Crippen MR) is 102 cm³/mol. The first-order valence-electron chi connectivity index (χ1n) is 8.47. The molecule has 0 aliphatic rings. The molecule has 0 bridgehead atoms. The molecule has 6 nitrogen and oxygen atoms in total. The van der Waals surface area contributed by atoms with Gasteiger partial charge in [-0.1, -0.05) is 37.6 Å². The monoisotopic (exact) mass is 354 g/mol. The lowest BCUT2D eigenvalue weighted by Crippen LogP contribution is -2.09. The van der Waals surface area contributed by atoms with Crippen LogP contribution in [0.4, 0.5) is 11.4 Å². The van der Waals surface area contributed by atoms with Crippen molar-refractivity contribution < 1.29 is 14.5 Å². The van der Waals surface area contributed by atoms with Crippen LogP contribution < -0.4 is 10.1 Å². The molecule has 2 aromatic carbocycles. The third-order valence-corrected chi connectivity index (χ3v) is 3.78. The molecule has 0 heterocycles. The van der Waals surface area contributed by atoms with Crippen molar-refractivity contribution >= 4 is 23.4 Å². The lowest BCUT2D eigenvalue weighted by Gasteiger charge is -2.09. The van der Waals surface area contributed by atoms with Gasteiger partial charge in [0.2, 0.25) is 5.91 Å². The average molecular weight is 354 g/mol. The zero-order valence-corrected chi connectivity index (χ0v) is 14.9. The van der Waals surface area contributed by atoms with E-state index < -0.39 is 4.92 Å². The Kier molecular flexibility index (Phi) is 6.91. The second-order valence-corrected chi connectivity index (χ2v) is 5.82. The minimum Gasteiger partial charge on any atom is -0.493 e. The maximum Gasteiger partial charge on any atom is 0.271 e. The fraction of sp³-hybridized carbons (Fsp3) is 0.250. The quantitative estimate of drug-likeness (QED) is 0.321. The number of non-ortho nitro benzene ring substituents is 1. The highest BCUT2D eigenvalue weighted by molar-refractivity contribution is 6.02. The van der Waals surface area contributed by atoms with Crippen LogP contribution in [0.2, 0.25) is 0 Å². The molecule has 2 rings (SSSR count). The Labute approximate surface area is 152 Å². The summed E-state index contributed by atoms with van der Waals surface area (Å²) < 4.78 is 5.73. The smallest absolute Gasteiger partial charge is 0.271 e. The molecule has 0 spiro atoms. The highest BCUT2D eigenvalue weighted by Gasteiger charge is 2.10. The first-order chi connectivity index (χ1) is 12.5. The van der Waals surface area contributed by atoms with E-state index in [4.69, 9.17) is 4.74 Å².